The number of amides is 1. The maximum absolute atomic E-state index is 12.5. The first-order valence-corrected chi connectivity index (χ1v) is 11.6. The Hall–Kier alpha value is -2.49. The molecule has 2 aromatic carbocycles. The first-order chi connectivity index (χ1) is 13.8. The molecule has 0 radical (unpaired) electrons. The van der Waals surface area contributed by atoms with E-state index in [1.165, 1.54) is 39.9 Å². The normalized spacial score (nSPS) is 11.8. The summed E-state index contributed by atoms with van der Waals surface area (Å²) in [5, 5.41) is 0.586. The smallest absolute Gasteiger partial charge is 0.269 e. The summed E-state index contributed by atoms with van der Waals surface area (Å²) < 4.78 is 27.5. The molecule has 1 amide bonds. The number of rotatable bonds is 7. The standard InChI is InChI=1S/C20H24N4O3S2/c1-5-24(6-2)29(26,27)16-9-7-15(8-10-16)19(25)22-23-20-21-18-14(4)11-13(3)12-17(18)28-20/h7-12H,5-6H2,1-4H3,(H,21,23)(H,22,25). The predicted molar refractivity (Wildman–Crippen MR) is 117 cm³/mol. The van der Waals surface area contributed by atoms with Crippen LogP contribution in [0.2, 0.25) is 0 Å². The van der Waals surface area contributed by atoms with Crippen LogP contribution in [0.15, 0.2) is 41.3 Å². The molecular formula is C20H24N4O3S2. The van der Waals surface area contributed by atoms with Gasteiger partial charge < -0.3 is 0 Å². The molecule has 0 atom stereocenters. The Morgan fingerprint density at radius 1 is 1.10 bits per heavy atom. The van der Waals surface area contributed by atoms with Crippen LogP contribution >= 0.6 is 11.3 Å². The first kappa shape index (κ1) is 21.2. The summed E-state index contributed by atoms with van der Waals surface area (Å²) >= 11 is 1.46. The van der Waals surface area contributed by atoms with Crippen LogP contribution < -0.4 is 10.9 Å². The van der Waals surface area contributed by atoms with Gasteiger partial charge in [-0.15, -0.1) is 0 Å². The van der Waals surface area contributed by atoms with Crippen LogP contribution in [0.25, 0.3) is 10.2 Å². The molecule has 0 bridgehead atoms. The number of thiazole rings is 1. The molecule has 1 aromatic heterocycles. The number of aromatic nitrogens is 1. The van der Waals surface area contributed by atoms with Gasteiger partial charge in [-0.2, -0.15) is 4.31 Å². The van der Waals surface area contributed by atoms with E-state index < -0.39 is 10.0 Å². The third-order valence-electron chi connectivity index (χ3n) is 4.57. The molecule has 9 heteroatoms. The van der Waals surface area contributed by atoms with E-state index >= 15 is 0 Å². The third-order valence-corrected chi connectivity index (χ3v) is 7.55. The minimum absolute atomic E-state index is 0.169. The van der Waals surface area contributed by atoms with Crippen molar-refractivity contribution in [3.8, 4) is 0 Å². The lowest BCUT2D eigenvalue weighted by molar-refractivity contribution is 0.0962. The average molecular weight is 433 g/mol. The molecule has 0 aliphatic carbocycles. The van der Waals surface area contributed by atoms with Gasteiger partial charge in [-0.05, 0) is 55.3 Å². The van der Waals surface area contributed by atoms with Crippen LogP contribution in [0.1, 0.15) is 35.3 Å². The van der Waals surface area contributed by atoms with Gasteiger partial charge in [-0.1, -0.05) is 31.3 Å². The quantitative estimate of drug-likeness (QED) is 0.556. The minimum atomic E-state index is -3.54. The van der Waals surface area contributed by atoms with E-state index in [4.69, 9.17) is 0 Å². The van der Waals surface area contributed by atoms with Gasteiger partial charge in [-0.25, -0.2) is 13.4 Å². The highest BCUT2D eigenvalue weighted by Gasteiger charge is 2.21. The van der Waals surface area contributed by atoms with Crippen LogP contribution in [0.5, 0.6) is 0 Å². The number of sulfonamides is 1. The summed E-state index contributed by atoms with van der Waals surface area (Å²) in [5.74, 6) is -0.371. The number of benzene rings is 2. The molecule has 7 nitrogen and oxygen atoms in total. The summed E-state index contributed by atoms with van der Waals surface area (Å²) in [4.78, 5) is 17.1. The monoisotopic (exact) mass is 432 g/mol. The molecule has 0 unspecified atom stereocenters. The van der Waals surface area contributed by atoms with Gasteiger partial charge >= 0.3 is 0 Å². The second-order valence-electron chi connectivity index (χ2n) is 6.64. The SMILES string of the molecule is CCN(CC)S(=O)(=O)c1ccc(C(=O)NNc2nc3c(C)cc(C)cc3s2)cc1. The lowest BCUT2D eigenvalue weighted by Crippen LogP contribution is -2.31. The van der Waals surface area contributed by atoms with Crippen molar-refractivity contribution in [2.45, 2.75) is 32.6 Å². The van der Waals surface area contributed by atoms with E-state index in [2.05, 4.69) is 28.0 Å². The first-order valence-electron chi connectivity index (χ1n) is 9.30. The lowest BCUT2D eigenvalue weighted by Gasteiger charge is -2.18. The number of fused-ring (bicyclic) bond motifs is 1. The molecule has 2 N–H and O–H groups in total. The fourth-order valence-electron chi connectivity index (χ4n) is 3.10. The van der Waals surface area contributed by atoms with Gasteiger partial charge in [0.15, 0.2) is 0 Å². The summed E-state index contributed by atoms with van der Waals surface area (Å²) in [6, 6.07) is 10.0. The van der Waals surface area contributed by atoms with Crippen molar-refractivity contribution < 1.29 is 13.2 Å². The molecule has 3 aromatic rings. The van der Waals surface area contributed by atoms with Gasteiger partial charge in [0.2, 0.25) is 15.2 Å². The molecule has 3 rings (SSSR count). The van der Waals surface area contributed by atoms with Crippen molar-refractivity contribution >= 4 is 42.6 Å². The summed E-state index contributed by atoms with van der Waals surface area (Å²) in [7, 11) is -3.54. The molecule has 0 saturated carbocycles. The van der Waals surface area contributed by atoms with E-state index in [1.54, 1.807) is 13.8 Å². The molecule has 1 heterocycles. The number of anilines is 1. The lowest BCUT2D eigenvalue weighted by atomic mass is 10.1. The van der Waals surface area contributed by atoms with Crippen molar-refractivity contribution in [3.05, 3.63) is 53.1 Å². The zero-order valence-electron chi connectivity index (χ0n) is 16.8. The van der Waals surface area contributed by atoms with E-state index in [1.807, 2.05) is 13.8 Å². The van der Waals surface area contributed by atoms with Gasteiger partial charge in [0.1, 0.15) is 0 Å². The highest BCUT2D eigenvalue weighted by Crippen LogP contribution is 2.28. The molecular weight excluding hydrogens is 408 g/mol. The molecule has 29 heavy (non-hydrogen) atoms. The number of hydrogen-bond donors (Lipinski definition) is 2. The highest BCUT2D eigenvalue weighted by atomic mass is 32.2. The number of hydrazine groups is 1. The topological polar surface area (TPSA) is 91.4 Å². The van der Waals surface area contributed by atoms with Crippen molar-refractivity contribution in [1.29, 1.82) is 0 Å². The summed E-state index contributed by atoms with van der Waals surface area (Å²) in [6.07, 6.45) is 0. The molecule has 154 valence electrons. The van der Waals surface area contributed by atoms with E-state index in [0.29, 0.717) is 23.8 Å². The summed E-state index contributed by atoms with van der Waals surface area (Å²) in [6.45, 7) is 8.41. The zero-order chi connectivity index (χ0) is 21.2. The highest BCUT2D eigenvalue weighted by molar-refractivity contribution is 7.89. The van der Waals surface area contributed by atoms with Gasteiger partial charge in [0, 0.05) is 18.7 Å². The molecule has 0 spiro atoms. The Balaban J connectivity index is 1.71. The number of hydrogen-bond acceptors (Lipinski definition) is 6. The number of aryl methyl sites for hydroxylation is 2. The van der Waals surface area contributed by atoms with Crippen LogP contribution in [-0.2, 0) is 10.0 Å². The van der Waals surface area contributed by atoms with Crippen molar-refractivity contribution in [1.82, 2.24) is 14.7 Å². The molecule has 0 fully saturated rings. The predicted octanol–water partition coefficient (Wildman–Crippen LogP) is 3.70. The maximum atomic E-state index is 12.5. The van der Waals surface area contributed by atoms with Crippen molar-refractivity contribution in [3.63, 3.8) is 0 Å². The van der Waals surface area contributed by atoms with Crippen molar-refractivity contribution in [2.75, 3.05) is 18.5 Å². The number of nitrogens with one attached hydrogen (secondary N) is 2. The molecule has 0 saturated heterocycles. The molecule has 0 aliphatic rings. The largest absolute Gasteiger partial charge is 0.273 e. The third kappa shape index (κ3) is 4.42. The van der Waals surface area contributed by atoms with Gasteiger partial charge in [0.25, 0.3) is 5.91 Å². The number of carbonyl (C=O) groups is 1. The average Bonchev–Trinajstić information content (AvgIpc) is 3.10. The van der Waals surface area contributed by atoms with Crippen LogP contribution in [-0.4, -0.2) is 36.7 Å². The Bertz CT molecular complexity index is 1130. The Kier molecular flexibility index (Phi) is 6.21. The van der Waals surface area contributed by atoms with Crippen LogP contribution in [0.4, 0.5) is 5.13 Å². The van der Waals surface area contributed by atoms with Crippen molar-refractivity contribution in [2.24, 2.45) is 0 Å². The van der Waals surface area contributed by atoms with Gasteiger partial charge in [-0.3, -0.25) is 15.6 Å². The Labute approximate surface area is 174 Å². The van der Waals surface area contributed by atoms with Gasteiger partial charge in [0.05, 0.1) is 15.1 Å². The zero-order valence-corrected chi connectivity index (χ0v) is 18.4. The fraction of sp³-hybridized carbons (Fsp3) is 0.300. The van der Waals surface area contributed by atoms with E-state index in [-0.39, 0.29) is 10.8 Å². The van der Waals surface area contributed by atoms with E-state index in [9.17, 15) is 13.2 Å². The second kappa shape index (κ2) is 8.48. The fourth-order valence-corrected chi connectivity index (χ4v) is 5.55. The Morgan fingerprint density at radius 3 is 2.38 bits per heavy atom. The maximum Gasteiger partial charge on any atom is 0.269 e. The van der Waals surface area contributed by atoms with Crippen LogP contribution in [0.3, 0.4) is 0 Å². The number of nitrogens with zero attached hydrogens (tertiary/aromatic N) is 2. The summed E-state index contributed by atoms with van der Waals surface area (Å²) in [5.41, 5.74) is 8.96. The minimum Gasteiger partial charge on any atom is -0.273 e. The Morgan fingerprint density at radius 2 is 1.76 bits per heavy atom. The second-order valence-corrected chi connectivity index (χ2v) is 9.61. The van der Waals surface area contributed by atoms with E-state index in [0.717, 1.165) is 21.3 Å². The van der Waals surface area contributed by atoms with Crippen LogP contribution in [0, 0.1) is 13.8 Å². The number of carbonyl (C=O) groups excluding carboxylic acids is 1. The molecule has 0 aliphatic heterocycles.